The lowest BCUT2D eigenvalue weighted by molar-refractivity contribution is -0.133. The number of benzene rings is 3. The molecule has 0 aliphatic carbocycles. The molecule has 0 bridgehead atoms. The Morgan fingerprint density at radius 2 is 1.72 bits per heavy atom. The number of nitrogens with one attached hydrogen (secondary N) is 1. The average Bonchev–Trinajstić information content (AvgIpc) is 3.33. The zero-order chi connectivity index (χ0) is 25.1. The van der Waals surface area contributed by atoms with E-state index in [1.54, 1.807) is 28.6 Å². The van der Waals surface area contributed by atoms with Crippen LogP contribution in [-0.4, -0.2) is 33.0 Å². The fourth-order valence-corrected chi connectivity index (χ4v) is 4.79. The summed E-state index contributed by atoms with van der Waals surface area (Å²) in [5.74, 6) is -0.510. The van der Waals surface area contributed by atoms with E-state index in [-0.39, 0.29) is 36.6 Å². The molecule has 1 unspecified atom stereocenters. The highest BCUT2D eigenvalue weighted by Crippen LogP contribution is 2.32. The Bertz CT molecular complexity index is 1380. The molecule has 4 aromatic rings. The highest BCUT2D eigenvalue weighted by Gasteiger charge is 2.30. The van der Waals surface area contributed by atoms with Crippen LogP contribution in [-0.2, 0) is 22.6 Å². The van der Waals surface area contributed by atoms with Crippen LogP contribution in [0.5, 0.6) is 0 Å². The summed E-state index contributed by atoms with van der Waals surface area (Å²) in [6.45, 7) is 2.40. The minimum Gasteiger partial charge on any atom is -0.352 e. The molecule has 2 heterocycles. The van der Waals surface area contributed by atoms with Crippen molar-refractivity contribution in [1.29, 1.82) is 0 Å². The zero-order valence-electron chi connectivity index (χ0n) is 20.0. The van der Waals surface area contributed by atoms with Crippen LogP contribution >= 0.6 is 0 Å². The van der Waals surface area contributed by atoms with Crippen LogP contribution in [0.2, 0.25) is 0 Å². The van der Waals surface area contributed by atoms with Crippen LogP contribution in [0, 0.1) is 5.82 Å². The van der Waals surface area contributed by atoms with Gasteiger partial charge >= 0.3 is 0 Å². The molecule has 5 rings (SSSR count). The van der Waals surface area contributed by atoms with Crippen molar-refractivity contribution in [3.8, 4) is 16.9 Å². The van der Waals surface area contributed by atoms with E-state index in [9.17, 15) is 14.0 Å². The van der Waals surface area contributed by atoms with Crippen LogP contribution < -0.4 is 5.32 Å². The van der Waals surface area contributed by atoms with Gasteiger partial charge in [0.1, 0.15) is 5.82 Å². The highest BCUT2D eigenvalue weighted by atomic mass is 19.1. The lowest BCUT2D eigenvalue weighted by atomic mass is 9.90. The minimum atomic E-state index is -0.320. The number of amides is 2. The molecular weight excluding hydrogens is 455 g/mol. The summed E-state index contributed by atoms with van der Waals surface area (Å²) in [6, 6.07) is 23.5. The molecule has 0 saturated carbocycles. The molecule has 1 aliphatic heterocycles. The quantitative estimate of drug-likeness (QED) is 0.428. The molecule has 1 N–H and O–H groups in total. The molecule has 0 spiro atoms. The molecule has 7 heteroatoms. The minimum absolute atomic E-state index is 0.0370. The maximum absolute atomic E-state index is 13.5. The third-order valence-electron chi connectivity index (χ3n) is 6.60. The van der Waals surface area contributed by atoms with Crippen LogP contribution in [0.1, 0.15) is 36.1 Å². The van der Waals surface area contributed by atoms with Crippen molar-refractivity contribution in [2.75, 3.05) is 6.54 Å². The van der Waals surface area contributed by atoms with E-state index in [1.165, 1.54) is 17.7 Å². The second-order valence-electron chi connectivity index (χ2n) is 8.95. The van der Waals surface area contributed by atoms with Gasteiger partial charge in [-0.1, -0.05) is 42.5 Å². The van der Waals surface area contributed by atoms with Crippen molar-refractivity contribution in [3.63, 3.8) is 0 Å². The molecule has 6 nitrogen and oxygen atoms in total. The standard InChI is InChI=1S/C29H27FN4O2/c1-20(35)33-16-15-21-7-5-6-10-26(21)27(33)17-28(36)31-18-23-19-34(25-8-3-2-4-9-25)32-29(23)22-11-13-24(30)14-12-22/h2-14,19,27H,15-18H2,1H3,(H,31,36). The molecule has 0 fully saturated rings. The van der Waals surface area contributed by atoms with E-state index in [1.807, 2.05) is 54.7 Å². The number of rotatable bonds is 6. The van der Waals surface area contributed by atoms with E-state index in [4.69, 9.17) is 5.10 Å². The topological polar surface area (TPSA) is 67.2 Å². The zero-order valence-corrected chi connectivity index (χ0v) is 20.0. The van der Waals surface area contributed by atoms with E-state index >= 15 is 0 Å². The van der Waals surface area contributed by atoms with Gasteiger partial charge in [-0.15, -0.1) is 0 Å². The van der Waals surface area contributed by atoms with Gasteiger partial charge in [0.2, 0.25) is 11.8 Å². The van der Waals surface area contributed by atoms with Crippen molar-refractivity contribution in [1.82, 2.24) is 20.0 Å². The first-order chi connectivity index (χ1) is 17.5. The highest BCUT2D eigenvalue weighted by molar-refractivity contribution is 5.80. The number of fused-ring (bicyclic) bond motifs is 1. The molecular formula is C29H27FN4O2. The Morgan fingerprint density at radius 1 is 1.00 bits per heavy atom. The summed E-state index contributed by atoms with van der Waals surface area (Å²) >= 11 is 0. The van der Waals surface area contributed by atoms with Gasteiger partial charge in [-0.2, -0.15) is 5.10 Å². The van der Waals surface area contributed by atoms with Gasteiger partial charge in [0.25, 0.3) is 0 Å². The fraction of sp³-hybridized carbons (Fsp3) is 0.207. The second-order valence-corrected chi connectivity index (χ2v) is 8.95. The summed E-state index contributed by atoms with van der Waals surface area (Å²) in [7, 11) is 0. The number of aromatic nitrogens is 2. The Balaban J connectivity index is 1.38. The molecule has 1 aromatic heterocycles. The SMILES string of the molecule is CC(=O)N1CCc2ccccc2C1CC(=O)NCc1cn(-c2ccccc2)nc1-c1ccc(F)cc1. The first-order valence-corrected chi connectivity index (χ1v) is 12.0. The monoisotopic (exact) mass is 482 g/mol. The Labute approximate surface area is 209 Å². The lowest BCUT2D eigenvalue weighted by Gasteiger charge is -2.36. The molecule has 0 saturated heterocycles. The number of para-hydroxylation sites is 1. The van der Waals surface area contributed by atoms with E-state index in [0.29, 0.717) is 12.2 Å². The number of nitrogens with zero attached hydrogens (tertiary/aromatic N) is 3. The fourth-order valence-electron chi connectivity index (χ4n) is 4.79. The summed E-state index contributed by atoms with van der Waals surface area (Å²) in [4.78, 5) is 27.2. The summed E-state index contributed by atoms with van der Waals surface area (Å²) in [6.07, 6.45) is 2.84. The van der Waals surface area contributed by atoms with E-state index in [2.05, 4.69) is 11.4 Å². The maximum atomic E-state index is 13.5. The van der Waals surface area contributed by atoms with Crippen molar-refractivity contribution >= 4 is 11.8 Å². The maximum Gasteiger partial charge on any atom is 0.222 e. The Hall–Kier alpha value is -4.26. The summed E-state index contributed by atoms with van der Waals surface area (Å²) in [5, 5.41) is 7.75. The predicted octanol–water partition coefficient (Wildman–Crippen LogP) is 4.83. The van der Waals surface area contributed by atoms with Gasteiger partial charge < -0.3 is 10.2 Å². The molecule has 1 atom stereocenters. The predicted molar refractivity (Wildman–Crippen MR) is 136 cm³/mol. The molecule has 0 radical (unpaired) electrons. The molecule has 182 valence electrons. The average molecular weight is 483 g/mol. The first kappa shape index (κ1) is 23.5. The van der Waals surface area contributed by atoms with Crippen molar-refractivity contribution < 1.29 is 14.0 Å². The molecule has 1 aliphatic rings. The third kappa shape index (κ3) is 4.91. The van der Waals surface area contributed by atoms with Crippen molar-refractivity contribution in [2.24, 2.45) is 0 Å². The van der Waals surface area contributed by atoms with Crippen LogP contribution in [0.3, 0.4) is 0 Å². The van der Waals surface area contributed by atoms with Gasteiger partial charge in [-0.3, -0.25) is 9.59 Å². The van der Waals surface area contributed by atoms with Gasteiger partial charge in [-0.05, 0) is 53.9 Å². The number of carbonyl (C=O) groups excluding carboxylic acids is 2. The van der Waals surface area contributed by atoms with Gasteiger partial charge in [0.05, 0.1) is 23.8 Å². The van der Waals surface area contributed by atoms with E-state index in [0.717, 1.165) is 28.8 Å². The van der Waals surface area contributed by atoms with Gasteiger partial charge in [-0.25, -0.2) is 9.07 Å². The largest absolute Gasteiger partial charge is 0.352 e. The molecule has 36 heavy (non-hydrogen) atoms. The molecule has 3 aromatic carbocycles. The van der Waals surface area contributed by atoms with Crippen LogP contribution in [0.15, 0.2) is 85.1 Å². The number of carbonyl (C=O) groups is 2. The second kappa shape index (κ2) is 10.2. The first-order valence-electron chi connectivity index (χ1n) is 12.0. The third-order valence-corrected chi connectivity index (χ3v) is 6.60. The Kier molecular flexibility index (Phi) is 6.62. The van der Waals surface area contributed by atoms with Gasteiger partial charge in [0.15, 0.2) is 0 Å². The summed E-state index contributed by atoms with van der Waals surface area (Å²) < 4.78 is 15.3. The normalized spacial score (nSPS) is 14.8. The van der Waals surface area contributed by atoms with Gasteiger partial charge in [0, 0.05) is 37.3 Å². The van der Waals surface area contributed by atoms with Crippen molar-refractivity contribution in [2.45, 2.75) is 32.4 Å². The van der Waals surface area contributed by atoms with Crippen molar-refractivity contribution in [3.05, 3.63) is 108 Å². The number of halogens is 1. The molecule has 2 amide bonds. The van der Waals surface area contributed by atoms with E-state index < -0.39 is 0 Å². The summed E-state index contributed by atoms with van der Waals surface area (Å²) in [5.41, 5.74) is 5.33. The lowest BCUT2D eigenvalue weighted by Crippen LogP contribution is -2.41. The Morgan fingerprint density at radius 3 is 2.47 bits per heavy atom. The number of hydrogen-bond donors (Lipinski definition) is 1. The van der Waals surface area contributed by atoms with Crippen LogP contribution in [0.4, 0.5) is 4.39 Å². The number of hydrogen-bond acceptors (Lipinski definition) is 3. The van der Waals surface area contributed by atoms with Crippen LogP contribution in [0.25, 0.3) is 16.9 Å². The smallest absolute Gasteiger partial charge is 0.222 e.